The van der Waals surface area contributed by atoms with Gasteiger partial charge in [0, 0.05) is 58.4 Å². The van der Waals surface area contributed by atoms with Gasteiger partial charge in [-0.05, 0) is 47.0 Å². The number of thiophene rings is 1. The number of para-hydroxylation sites is 1. The van der Waals surface area contributed by atoms with Gasteiger partial charge in [0.15, 0.2) is 11.4 Å². The maximum Gasteiger partial charge on any atom is 0.161 e. The molecule has 1 aliphatic carbocycles. The SMILES string of the molecule is CC1(C)c2ccc(-c3nc(-c4ccccc4)c4ccc5c6ccccc6oc5c4n3)cc2-c2c1ccc1c2sc2ccccc21. The van der Waals surface area contributed by atoms with Crippen molar-refractivity contribution in [2.45, 2.75) is 19.3 Å². The first kappa shape index (κ1) is 25.1. The van der Waals surface area contributed by atoms with Crippen molar-refractivity contribution >= 4 is 64.4 Å². The molecule has 4 heteroatoms. The summed E-state index contributed by atoms with van der Waals surface area (Å²) in [7, 11) is 0. The van der Waals surface area contributed by atoms with Crippen LogP contribution in [0.5, 0.6) is 0 Å². The van der Waals surface area contributed by atoms with Crippen molar-refractivity contribution in [3.05, 3.63) is 132 Å². The molecule has 3 aromatic heterocycles. The average molecular weight is 595 g/mol. The normalized spacial score (nSPS) is 13.7. The van der Waals surface area contributed by atoms with E-state index in [4.69, 9.17) is 14.4 Å². The Morgan fingerprint density at radius 2 is 1.33 bits per heavy atom. The molecule has 3 heterocycles. The maximum absolute atomic E-state index is 6.48. The van der Waals surface area contributed by atoms with Crippen LogP contribution in [0.4, 0.5) is 0 Å². The minimum Gasteiger partial charge on any atom is -0.454 e. The molecule has 1 aliphatic rings. The molecule has 0 amide bonds. The average Bonchev–Trinajstić information content (AvgIpc) is 3.72. The summed E-state index contributed by atoms with van der Waals surface area (Å²) in [6.07, 6.45) is 0. The van der Waals surface area contributed by atoms with Gasteiger partial charge in [0.25, 0.3) is 0 Å². The molecule has 0 saturated heterocycles. The fourth-order valence-corrected chi connectivity index (χ4v) is 8.74. The van der Waals surface area contributed by atoms with Gasteiger partial charge in [-0.15, -0.1) is 11.3 Å². The van der Waals surface area contributed by atoms with Gasteiger partial charge in [-0.2, -0.15) is 0 Å². The molecule has 0 bridgehead atoms. The van der Waals surface area contributed by atoms with Crippen LogP contribution < -0.4 is 0 Å². The summed E-state index contributed by atoms with van der Waals surface area (Å²) >= 11 is 1.89. The van der Waals surface area contributed by atoms with Crippen LogP contribution in [0.1, 0.15) is 25.0 Å². The van der Waals surface area contributed by atoms with Gasteiger partial charge in [-0.3, -0.25) is 0 Å². The molecule has 0 atom stereocenters. The number of rotatable bonds is 2. The van der Waals surface area contributed by atoms with Gasteiger partial charge in [-0.25, -0.2) is 9.97 Å². The first-order valence-corrected chi connectivity index (χ1v) is 16.2. The second kappa shape index (κ2) is 8.87. The summed E-state index contributed by atoms with van der Waals surface area (Å²) in [6.45, 7) is 4.68. The molecule has 0 N–H and O–H groups in total. The van der Waals surface area contributed by atoms with E-state index in [1.165, 1.54) is 42.4 Å². The van der Waals surface area contributed by atoms with Crippen LogP contribution in [0.25, 0.3) is 86.8 Å². The highest BCUT2D eigenvalue weighted by molar-refractivity contribution is 7.26. The lowest BCUT2D eigenvalue weighted by molar-refractivity contribution is 0.661. The number of hydrogen-bond acceptors (Lipinski definition) is 4. The Morgan fingerprint density at radius 3 is 2.22 bits per heavy atom. The van der Waals surface area contributed by atoms with Crippen LogP contribution in [0.2, 0.25) is 0 Å². The van der Waals surface area contributed by atoms with E-state index in [0.29, 0.717) is 5.82 Å². The van der Waals surface area contributed by atoms with Crippen LogP contribution in [0.3, 0.4) is 0 Å². The second-order valence-corrected chi connectivity index (χ2v) is 13.6. The largest absolute Gasteiger partial charge is 0.454 e. The van der Waals surface area contributed by atoms with Crippen molar-refractivity contribution in [1.82, 2.24) is 9.97 Å². The number of fused-ring (bicyclic) bond motifs is 12. The molecular formula is C41H26N2OS. The van der Waals surface area contributed by atoms with Gasteiger partial charge in [0.2, 0.25) is 0 Å². The van der Waals surface area contributed by atoms with Crippen LogP contribution in [-0.2, 0) is 5.41 Å². The van der Waals surface area contributed by atoms with E-state index < -0.39 is 0 Å². The zero-order chi connectivity index (χ0) is 29.9. The third-order valence-electron chi connectivity index (χ3n) is 9.70. The number of nitrogens with zero attached hydrogens (tertiary/aromatic N) is 2. The highest BCUT2D eigenvalue weighted by Crippen LogP contribution is 2.54. The lowest BCUT2D eigenvalue weighted by Crippen LogP contribution is -2.14. The van der Waals surface area contributed by atoms with Gasteiger partial charge in [0.1, 0.15) is 11.1 Å². The maximum atomic E-state index is 6.48. The molecule has 212 valence electrons. The number of benzene rings is 6. The van der Waals surface area contributed by atoms with Gasteiger partial charge >= 0.3 is 0 Å². The summed E-state index contributed by atoms with van der Waals surface area (Å²) in [4.78, 5) is 10.5. The summed E-state index contributed by atoms with van der Waals surface area (Å²) in [5, 5.41) is 5.79. The monoisotopic (exact) mass is 594 g/mol. The van der Waals surface area contributed by atoms with Crippen molar-refractivity contribution in [2.24, 2.45) is 0 Å². The summed E-state index contributed by atoms with van der Waals surface area (Å²) in [6, 6.07) is 43.1. The molecule has 0 radical (unpaired) electrons. The minimum absolute atomic E-state index is 0.104. The summed E-state index contributed by atoms with van der Waals surface area (Å²) in [5.74, 6) is 0.701. The predicted octanol–water partition coefficient (Wildman–Crippen LogP) is 11.5. The lowest BCUT2D eigenvalue weighted by Gasteiger charge is -2.21. The fraction of sp³-hybridized carbons (Fsp3) is 0.0732. The number of furan rings is 1. The molecule has 6 aromatic carbocycles. The molecule has 0 fully saturated rings. The summed E-state index contributed by atoms with van der Waals surface area (Å²) in [5.41, 5.74) is 10.7. The van der Waals surface area contributed by atoms with Crippen LogP contribution >= 0.6 is 11.3 Å². The Labute approximate surface area is 263 Å². The number of hydrogen-bond donors (Lipinski definition) is 0. The van der Waals surface area contributed by atoms with Crippen LogP contribution in [0, 0.1) is 0 Å². The van der Waals surface area contributed by atoms with E-state index in [2.05, 4.69) is 117 Å². The molecule has 3 nitrogen and oxygen atoms in total. The van der Waals surface area contributed by atoms with E-state index in [-0.39, 0.29) is 5.41 Å². The Kier molecular flexibility index (Phi) is 4.94. The lowest BCUT2D eigenvalue weighted by atomic mass is 9.82. The zero-order valence-electron chi connectivity index (χ0n) is 24.8. The Hall–Kier alpha value is -5.32. The highest BCUT2D eigenvalue weighted by atomic mass is 32.1. The zero-order valence-corrected chi connectivity index (χ0v) is 25.6. The fourth-order valence-electron chi connectivity index (χ4n) is 7.48. The van der Waals surface area contributed by atoms with Gasteiger partial charge < -0.3 is 4.42 Å². The first-order chi connectivity index (χ1) is 22.1. The predicted molar refractivity (Wildman–Crippen MR) is 188 cm³/mol. The standard InChI is InChI=1S/C41H26N2OS/c1-41(2)31-20-16-24(22-30(31)35-32(41)21-19-28-26-13-7-9-15-34(26)45-39(28)35)40-42-36(23-10-4-3-5-11-23)29-18-17-27-25-12-6-8-14-33(25)44-38(27)37(29)43-40/h3-22H,1-2H3. The van der Waals surface area contributed by atoms with Crippen molar-refractivity contribution in [3.63, 3.8) is 0 Å². The van der Waals surface area contributed by atoms with Gasteiger partial charge in [-0.1, -0.05) is 105 Å². The molecule has 0 spiro atoms. The third kappa shape index (κ3) is 3.40. The third-order valence-corrected chi connectivity index (χ3v) is 10.9. The van der Waals surface area contributed by atoms with E-state index in [9.17, 15) is 0 Å². The molecule has 0 saturated carbocycles. The highest BCUT2D eigenvalue weighted by Gasteiger charge is 2.37. The molecular weight excluding hydrogens is 569 g/mol. The molecule has 45 heavy (non-hydrogen) atoms. The number of aromatic nitrogens is 2. The van der Waals surface area contributed by atoms with Crippen molar-refractivity contribution < 1.29 is 4.42 Å². The van der Waals surface area contributed by atoms with Crippen LogP contribution in [0.15, 0.2) is 126 Å². The van der Waals surface area contributed by atoms with Crippen LogP contribution in [-0.4, -0.2) is 9.97 Å². The Morgan fingerprint density at radius 1 is 0.600 bits per heavy atom. The Balaban J connectivity index is 1.27. The van der Waals surface area contributed by atoms with E-state index >= 15 is 0 Å². The quantitative estimate of drug-likeness (QED) is 0.200. The van der Waals surface area contributed by atoms with E-state index in [1.54, 1.807) is 0 Å². The Bertz CT molecular complexity index is 2680. The summed E-state index contributed by atoms with van der Waals surface area (Å²) < 4.78 is 9.16. The van der Waals surface area contributed by atoms with Gasteiger partial charge in [0.05, 0.1) is 5.69 Å². The topological polar surface area (TPSA) is 38.9 Å². The van der Waals surface area contributed by atoms with Crippen molar-refractivity contribution in [2.75, 3.05) is 0 Å². The molecule has 0 aliphatic heterocycles. The molecule has 0 unspecified atom stereocenters. The molecule has 9 aromatic rings. The first-order valence-electron chi connectivity index (χ1n) is 15.3. The van der Waals surface area contributed by atoms with Crippen molar-refractivity contribution in [3.8, 4) is 33.8 Å². The van der Waals surface area contributed by atoms with Crippen molar-refractivity contribution in [1.29, 1.82) is 0 Å². The van der Waals surface area contributed by atoms with E-state index in [1.807, 2.05) is 29.5 Å². The smallest absolute Gasteiger partial charge is 0.161 e. The minimum atomic E-state index is -0.104. The molecule has 10 rings (SSSR count). The second-order valence-electron chi connectivity index (χ2n) is 12.5. The van der Waals surface area contributed by atoms with E-state index in [0.717, 1.165) is 49.7 Å².